The number of nitrogens with one attached hydrogen (secondary N) is 2. The number of hydroxylamine groups is 1. The lowest BCUT2D eigenvalue weighted by molar-refractivity contribution is -0.124. The Morgan fingerprint density at radius 3 is 2.84 bits per heavy atom. The molecule has 0 saturated carbocycles. The first-order valence-corrected chi connectivity index (χ1v) is 12.7. The van der Waals surface area contributed by atoms with Crippen LogP contribution in [0.15, 0.2) is 54.7 Å². The second-order valence-corrected chi connectivity index (χ2v) is 9.99. The molecule has 192 valence electrons. The predicted octanol–water partition coefficient (Wildman–Crippen LogP) is 5.51. The molecule has 7 heteroatoms. The minimum Gasteiger partial charge on any atom is -0.359 e. The molecular formula is C30H33FN4O2. The van der Waals surface area contributed by atoms with Crippen molar-refractivity contribution in [3.8, 4) is 0 Å². The van der Waals surface area contributed by atoms with E-state index in [2.05, 4.69) is 64.1 Å². The Labute approximate surface area is 216 Å². The lowest BCUT2D eigenvalue weighted by Crippen LogP contribution is -2.30. The lowest BCUT2D eigenvalue weighted by atomic mass is 10.0. The predicted molar refractivity (Wildman–Crippen MR) is 144 cm³/mol. The number of hydrogen-bond acceptors (Lipinski definition) is 3. The number of amides is 1. The largest absolute Gasteiger partial charge is 0.359 e. The van der Waals surface area contributed by atoms with Crippen molar-refractivity contribution in [1.82, 2.24) is 19.9 Å². The Morgan fingerprint density at radius 1 is 1.27 bits per heavy atom. The first-order chi connectivity index (χ1) is 17.9. The molecule has 2 aromatic carbocycles. The van der Waals surface area contributed by atoms with Gasteiger partial charge in [0.1, 0.15) is 5.82 Å². The molecule has 0 bridgehead atoms. The number of para-hydroxylation sites is 1. The molecule has 1 atom stereocenters. The van der Waals surface area contributed by atoms with E-state index in [0.717, 1.165) is 37.1 Å². The quantitative estimate of drug-likeness (QED) is 0.170. The number of fused-ring (bicyclic) bond motifs is 2. The zero-order chi connectivity index (χ0) is 26.1. The molecule has 0 radical (unpaired) electrons. The zero-order valence-corrected chi connectivity index (χ0v) is 21.5. The van der Waals surface area contributed by atoms with Gasteiger partial charge in [-0.3, -0.25) is 14.9 Å². The number of aromatic nitrogens is 2. The van der Waals surface area contributed by atoms with Gasteiger partial charge in [-0.15, -0.1) is 0 Å². The van der Waals surface area contributed by atoms with Crippen molar-refractivity contribution in [2.45, 2.75) is 45.7 Å². The Kier molecular flexibility index (Phi) is 7.00. The van der Waals surface area contributed by atoms with Crippen LogP contribution in [-0.4, -0.2) is 32.1 Å². The Bertz CT molecular complexity index is 1480. The van der Waals surface area contributed by atoms with Gasteiger partial charge in [0.2, 0.25) is 0 Å². The monoisotopic (exact) mass is 500 g/mol. The van der Waals surface area contributed by atoms with Crippen molar-refractivity contribution in [2.24, 2.45) is 7.05 Å². The van der Waals surface area contributed by atoms with E-state index >= 15 is 0 Å². The van der Waals surface area contributed by atoms with Crippen LogP contribution in [0.4, 0.5) is 4.39 Å². The standard InChI is InChI=1S/C30H33FN4O2/c1-19-26(32-20(2)30(19)31)18-35(15-14-23-17-34(3)27-7-5-4-6-24(23)27)28-12-10-22-16-21(8-11-25(22)28)9-13-29(36)33-37/h4-9,11,13,16-17,28,32,37H,10,12,14-15,18H2,1-3H3,(H,33,36). The van der Waals surface area contributed by atoms with Crippen LogP contribution in [0.3, 0.4) is 0 Å². The third-order valence-electron chi connectivity index (χ3n) is 7.65. The van der Waals surface area contributed by atoms with E-state index in [1.165, 1.54) is 33.7 Å². The van der Waals surface area contributed by atoms with Gasteiger partial charge in [-0.2, -0.15) is 0 Å². The normalized spacial score (nSPS) is 15.2. The van der Waals surface area contributed by atoms with E-state index in [9.17, 15) is 9.18 Å². The summed E-state index contributed by atoms with van der Waals surface area (Å²) in [6, 6.07) is 15.0. The Hall–Kier alpha value is -3.68. The van der Waals surface area contributed by atoms with E-state index in [1.54, 1.807) is 18.5 Å². The maximum atomic E-state index is 14.5. The van der Waals surface area contributed by atoms with Gasteiger partial charge in [-0.25, -0.2) is 9.87 Å². The minimum absolute atomic E-state index is 0.154. The highest BCUT2D eigenvalue weighted by atomic mass is 19.1. The van der Waals surface area contributed by atoms with Crippen molar-refractivity contribution in [2.75, 3.05) is 6.54 Å². The summed E-state index contributed by atoms with van der Waals surface area (Å²) in [4.78, 5) is 17.1. The number of carbonyl (C=O) groups is 1. The highest BCUT2D eigenvalue weighted by molar-refractivity contribution is 5.90. The number of carbonyl (C=O) groups excluding carboxylic acids is 1. The first kappa shape index (κ1) is 25.0. The van der Waals surface area contributed by atoms with Crippen LogP contribution in [0, 0.1) is 19.7 Å². The topological polar surface area (TPSA) is 73.3 Å². The molecular weight excluding hydrogens is 467 g/mol. The van der Waals surface area contributed by atoms with Crippen LogP contribution in [-0.2, 0) is 31.2 Å². The molecule has 1 aliphatic carbocycles. The molecule has 3 N–H and O–H groups in total. The van der Waals surface area contributed by atoms with Crippen LogP contribution in [0.2, 0.25) is 0 Å². The van der Waals surface area contributed by atoms with Gasteiger partial charge < -0.3 is 9.55 Å². The second kappa shape index (κ2) is 10.4. The maximum Gasteiger partial charge on any atom is 0.267 e. The first-order valence-electron chi connectivity index (χ1n) is 12.7. The number of halogens is 1. The fourth-order valence-electron chi connectivity index (χ4n) is 5.69. The number of H-pyrrole nitrogens is 1. The van der Waals surface area contributed by atoms with Gasteiger partial charge in [0.05, 0.1) is 0 Å². The van der Waals surface area contributed by atoms with Crippen molar-refractivity contribution in [3.05, 3.63) is 99.8 Å². The van der Waals surface area contributed by atoms with Gasteiger partial charge >= 0.3 is 0 Å². The van der Waals surface area contributed by atoms with E-state index in [4.69, 9.17) is 5.21 Å². The van der Waals surface area contributed by atoms with Crippen LogP contribution in [0.25, 0.3) is 17.0 Å². The molecule has 0 fully saturated rings. The number of aromatic amines is 1. The number of nitrogens with zero attached hydrogens (tertiary/aromatic N) is 2. The van der Waals surface area contributed by atoms with Crippen molar-refractivity contribution in [3.63, 3.8) is 0 Å². The van der Waals surface area contributed by atoms with Crippen LogP contribution < -0.4 is 5.48 Å². The summed E-state index contributed by atoms with van der Waals surface area (Å²) >= 11 is 0. The Balaban J connectivity index is 1.43. The molecule has 1 aliphatic rings. The van der Waals surface area contributed by atoms with Gasteiger partial charge in [-0.05, 0) is 67.5 Å². The number of aryl methyl sites for hydroxylation is 3. The summed E-state index contributed by atoms with van der Waals surface area (Å²) in [5, 5.41) is 10.0. The summed E-state index contributed by atoms with van der Waals surface area (Å²) in [5.41, 5.74) is 9.82. The molecule has 2 aromatic heterocycles. The molecule has 0 spiro atoms. The highest BCUT2D eigenvalue weighted by Gasteiger charge is 2.29. The van der Waals surface area contributed by atoms with E-state index in [1.807, 2.05) is 13.0 Å². The third-order valence-corrected chi connectivity index (χ3v) is 7.65. The summed E-state index contributed by atoms with van der Waals surface area (Å²) in [6.45, 7) is 5.11. The molecule has 2 heterocycles. The van der Waals surface area contributed by atoms with Crippen molar-refractivity contribution < 1.29 is 14.4 Å². The van der Waals surface area contributed by atoms with E-state index in [0.29, 0.717) is 17.8 Å². The molecule has 0 aliphatic heterocycles. The fraction of sp³-hybridized carbons (Fsp3) is 0.300. The van der Waals surface area contributed by atoms with E-state index in [-0.39, 0.29) is 11.9 Å². The zero-order valence-electron chi connectivity index (χ0n) is 21.5. The summed E-state index contributed by atoms with van der Waals surface area (Å²) in [5.74, 6) is -0.707. The van der Waals surface area contributed by atoms with Gasteiger partial charge in [0, 0.05) is 66.3 Å². The fourth-order valence-corrected chi connectivity index (χ4v) is 5.69. The van der Waals surface area contributed by atoms with Crippen molar-refractivity contribution >= 4 is 22.9 Å². The molecule has 1 unspecified atom stereocenters. The van der Waals surface area contributed by atoms with Gasteiger partial charge in [0.15, 0.2) is 0 Å². The third kappa shape index (κ3) is 4.97. The molecule has 6 nitrogen and oxygen atoms in total. The number of hydrogen-bond donors (Lipinski definition) is 3. The van der Waals surface area contributed by atoms with Crippen LogP contribution >= 0.6 is 0 Å². The van der Waals surface area contributed by atoms with Gasteiger partial charge in [-0.1, -0.05) is 36.4 Å². The molecule has 4 aromatic rings. The van der Waals surface area contributed by atoms with Crippen LogP contribution in [0.5, 0.6) is 0 Å². The maximum absolute atomic E-state index is 14.5. The Morgan fingerprint density at radius 2 is 2.08 bits per heavy atom. The molecule has 0 saturated heterocycles. The van der Waals surface area contributed by atoms with Crippen molar-refractivity contribution in [1.29, 1.82) is 0 Å². The average molecular weight is 501 g/mol. The van der Waals surface area contributed by atoms with E-state index < -0.39 is 5.91 Å². The number of rotatable bonds is 8. The van der Waals surface area contributed by atoms with Gasteiger partial charge in [0.25, 0.3) is 5.91 Å². The van der Waals surface area contributed by atoms with Crippen LogP contribution in [0.1, 0.15) is 51.7 Å². The second-order valence-electron chi connectivity index (χ2n) is 9.99. The highest BCUT2D eigenvalue weighted by Crippen LogP contribution is 2.38. The minimum atomic E-state index is -0.554. The summed E-state index contributed by atoms with van der Waals surface area (Å²) < 4.78 is 16.7. The molecule has 37 heavy (non-hydrogen) atoms. The number of benzene rings is 2. The summed E-state index contributed by atoms with van der Waals surface area (Å²) in [6.07, 6.45) is 8.05. The summed E-state index contributed by atoms with van der Waals surface area (Å²) in [7, 11) is 2.08. The lowest BCUT2D eigenvalue weighted by Gasteiger charge is -2.30. The molecule has 5 rings (SSSR count). The molecule has 1 amide bonds. The SMILES string of the molecule is Cc1[nH]c(CN(CCc2cn(C)c3ccccc23)C2CCc3cc(C=CC(=O)NO)ccc32)c(C)c1F. The average Bonchev–Trinajstić information content (AvgIpc) is 3.55. The smallest absolute Gasteiger partial charge is 0.267 e.